The molecule has 1 aromatic heterocycles. The van der Waals surface area contributed by atoms with E-state index in [1.54, 1.807) is 6.20 Å². The molecule has 0 radical (unpaired) electrons. The van der Waals surface area contributed by atoms with Crippen LogP contribution in [0.25, 0.3) is 0 Å². The molecular weight excluding hydrogens is 328 g/mol. The first-order valence-corrected chi connectivity index (χ1v) is 9.29. The third-order valence-corrected chi connectivity index (χ3v) is 5.78. The Hall–Kier alpha value is -2.37. The molecule has 2 unspecified atom stereocenters. The topological polar surface area (TPSA) is 86.6 Å². The van der Waals surface area contributed by atoms with Crippen molar-refractivity contribution >= 4 is 11.6 Å². The van der Waals surface area contributed by atoms with Gasteiger partial charge in [0.2, 0.25) is 5.96 Å². The van der Waals surface area contributed by atoms with Gasteiger partial charge in [-0.15, -0.1) is 0 Å². The Morgan fingerprint density at radius 1 is 1.38 bits per heavy atom. The van der Waals surface area contributed by atoms with Gasteiger partial charge in [0.05, 0.1) is 24.4 Å². The first-order chi connectivity index (χ1) is 12.7. The number of likely N-dealkylation sites (tertiary alicyclic amines) is 1. The predicted octanol–water partition coefficient (Wildman–Crippen LogP) is 1.41. The maximum absolute atomic E-state index is 9.06. The molecule has 1 aromatic rings. The van der Waals surface area contributed by atoms with Crippen LogP contribution in [0.3, 0.4) is 0 Å². The molecule has 8 heteroatoms. The fourth-order valence-electron chi connectivity index (χ4n) is 4.61. The van der Waals surface area contributed by atoms with Crippen LogP contribution in [0, 0.1) is 11.3 Å². The molecule has 0 aliphatic carbocycles. The molecule has 4 rings (SSSR count). The quantitative estimate of drug-likeness (QED) is 0.850. The van der Waals surface area contributed by atoms with E-state index in [-0.39, 0.29) is 6.17 Å². The molecule has 4 heterocycles. The molecule has 0 spiro atoms. The second-order valence-corrected chi connectivity index (χ2v) is 7.43. The molecule has 2 N–H and O–H groups in total. The lowest BCUT2D eigenvalue weighted by Crippen LogP contribution is -2.62. The number of nitrogens with one attached hydrogen (secondary N) is 2. The van der Waals surface area contributed by atoms with E-state index in [4.69, 9.17) is 5.26 Å². The van der Waals surface area contributed by atoms with E-state index in [0.29, 0.717) is 24.5 Å². The lowest BCUT2D eigenvalue weighted by Gasteiger charge is -2.48. The number of nitrogens with zero attached hydrogens (tertiary/aromatic N) is 6. The molecular formula is C18H26N8. The molecule has 4 atom stereocenters. The number of fused-ring (bicyclic) bond motifs is 2. The van der Waals surface area contributed by atoms with E-state index in [1.807, 2.05) is 12.4 Å². The number of hydrogen-bond donors (Lipinski definition) is 2. The van der Waals surface area contributed by atoms with Crippen molar-refractivity contribution in [2.45, 2.75) is 50.5 Å². The van der Waals surface area contributed by atoms with Crippen molar-refractivity contribution in [2.75, 3.05) is 25.5 Å². The van der Waals surface area contributed by atoms with Gasteiger partial charge in [-0.05, 0) is 25.8 Å². The minimum Gasteiger partial charge on any atom is -0.326 e. The Labute approximate surface area is 154 Å². The fourth-order valence-corrected chi connectivity index (χ4v) is 4.61. The summed E-state index contributed by atoms with van der Waals surface area (Å²) in [6.45, 7) is 4.26. The predicted molar refractivity (Wildman–Crippen MR) is 100 cm³/mol. The number of aromatic nitrogens is 2. The van der Waals surface area contributed by atoms with Crippen molar-refractivity contribution in [1.82, 2.24) is 24.9 Å². The van der Waals surface area contributed by atoms with Crippen LogP contribution >= 0.6 is 0 Å². The fraction of sp³-hybridized carbons (Fsp3) is 0.611. The summed E-state index contributed by atoms with van der Waals surface area (Å²) in [6.07, 6.45) is 10.9. The summed E-state index contributed by atoms with van der Waals surface area (Å²) >= 11 is 0. The lowest BCUT2D eigenvalue weighted by atomic mass is 10.1. The molecule has 2 bridgehead atoms. The van der Waals surface area contributed by atoms with Gasteiger partial charge in [0.15, 0.2) is 0 Å². The van der Waals surface area contributed by atoms with Gasteiger partial charge >= 0.3 is 0 Å². The summed E-state index contributed by atoms with van der Waals surface area (Å²) in [7, 11) is 2.08. The molecule has 26 heavy (non-hydrogen) atoms. The number of hydrogen-bond acceptors (Lipinski definition) is 7. The number of guanidine groups is 1. The number of likely N-dealkylation sites (N-methyl/N-ethyl adjacent to an activating group) is 1. The molecule has 0 saturated carbocycles. The average molecular weight is 354 g/mol. The van der Waals surface area contributed by atoms with Gasteiger partial charge in [0.1, 0.15) is 6.17 Å². The van der Waals surface area contributed by atoms with Crippen LogP contribution in [-0.4, -0.2) is 75.3 Å². The van der Waals surface area contributed by atoms with Crippen LogP contribution in [0.1, 0.15) is 26.2 Å². The van der Waals surface area contributed by atoms with Crippen molar-refractivity contribution in [1.29, 1.82) is 5.26 Å². The zero-order valence-corrected chi connectivity index (χ0v) is 15.3. The van der Waals surface area contributed by atoms with E-state index in [2.05, 4.69) is 61.3 Å². The monoisotopic (exact) mass is 354 g/mol. The van der Waals surface area contributed by atoms with Crippen molar-refractivity contribution in [3.8, 4) is 6.07 Å². The van der Waals surface area contributed by atoms with Crippen molar-refractivity contribution < 1.29 is 0 Å². The third kappa shape index (κ3) is 3.08. The number of H-pyrrole nitrogens is 1. The molecule has 138 valence electrons. The van der Waals surface area contributed by atoms with Gasteiger partial charge in [0, 0.05) is 50.7 Å². The summed E-state index contributed by atoms with van der Waals surface area (Å²) in [5, 5.41) is 19.2. The molecule has 2 saturated heterocycles. The van der Waals surface area contributed by atoms with Gasteiger partial charge in [-0.1, -0.05) is 0 Å². The Kier molecular flexibility index (Phi) is 4.66. The SMILES string of the molecule is CC(CC#N)N1[C@@H]2CC[C@H]1CN(C1C=CN=C(Nc3cn[nH]c3)N1C)C2. The second-order valence-electron chi connectivity index (χ2n) is 7.43. The van der Waals surface area contributed by atoms with Gasteiger partial charge < -0.3 is 10.2 Å². The zero-order chi connectivity index (χ0) is 18.1. The molecule has 8 nitrogen and oxygen atoms in total. The molecule has 3 aliphatic rings. The maximum Gasteiger partial charge on any atom is 0.204 e. The van der Waals surface area contributed by atoms with E-state index in [1.165, 1.54) is 12.8 Å². The first kappa shape index (κ1) is 17.1. The van der Waals surface area contributed by atoms with Crippen molar-refractivity contribution in [3.63, 3.8) is 0 Å². The summed E-state index contributed by atoms with van der Waals surface area (Å²) in [6, 6.07) is 3.77. The Morgan fingerprint density at radius 3 is 2.81 bits per heavy atom. The normalized spacial score (nSPS) is 30.1. The Bertz CT molecular complexity index is 704. The maximum atomic E-state index is 9.06. The van der Waals surface area contributed by atoms with Crippen LogP contribution in [0.5, 0.6) is 0 Å². The highest BCUT2D eigenvalue weighted by atomic mass is 15.5. The number of rotatable bonds is 4. The van der Waals surface area contributed by atoms with Crippen LogP contribution in [0.4, 0.5) is 5.69 Å². The highest BCUT2D eigenvalue weighted by Gasteiger charge is 2.44. The summed E-state index contributed by atoms with van der Waals surface area (Å²) in [5.41, 5.74) is 0.903. The average Bonchev–Trinajstić information content (AvgIpc) is 3.23. The van der Waals surface area contributed by atoms with Crippen molar-refractivity contribution in [3.05, 3.63) is 24.7 Å². The standard InChI is InChI=1S/C18H26N8/c1-13(5-7-19)26-15-3-4-16(26)12-25(11-15)17-6-8-20-18(24(17)2)23-14-9-21-22-10-14/h6,8-10,13,15-17H,3-5,11-12H2,1-2H3,(H,20,23)(H,21,22)/t13?,15-,16+,17?. The summed E-state index contributed by atoms with van der Waals surface area (Å²) in [5.74, 6) is 0.825. The summed E-state index contributed by atoms with van der Waals surface area (Å²) < 4.78 is 0. The zero-order valence-electron chi connectivity index (χ0n) is 15.3. The van der Waals surface area contributed by atoms with E-state index in [0.717, 1.165) is 24.7 Å². The van der Waals surface area contributed by atoms with Gasteiger partial charge in [-0.25, -0.2) is 4.99 Å². The number of aliphatic imine (C=N–C) groups is 1. The lowest BCUT2D eigenvalue weighted by molar-refractivity contribution is 0.00549. The Balaban J connectivity index is 1.44. The summed E-state index contributed by atoms with van der Waals surface area (Å²) in [4.78, 5) is 11.8. The van der Waals surface area contributed by atoms with E-state index >= 15 is 0 Å². The minimum atomic E-state index is 0.193. The van der Waals surface area contributed by atoms with Gasteiger partial charge in [0.25, 0.3) is 0 Å². The van der Waals surface area contributed by atoms with Crippen LogP contribution in [0.2, 0.25) is 0 Å². The molecule has 3 aliphatic heterocycles. The van der Waals surface area contributed by atoms with Gasteiger partial charge in [-0.2, -0.15) is 10.4 Å². The minimum absolute atomic E-state index is 0.193. The van der Waals surface area contributed by atoms with Crippen LogP contribution < -0.4 is 5.32 Å². The first-order valence-electron chi connectivity index (χ1n) is 9.29. The smallest absolute Gasteiger partial charge is 0.204 e. The molecule has 0 amide bonds. The van der Waals surface area contributed by atoms with Crippen LogP contribution in [-0.2, 0) is 0 Å². The number of piperazine rings is 1. The highest BCUT2D eigenvalue weighted by Crippen LogP contribution is 2.34. The van der Waals surface area contributed by atoms with E-state index < -0.39 is 0 Å². The molecule has 0 aromatic carbocycles. The largest absolute Gasteiger partial charge is 0.326 e. The number of anilines is 1. The number of nitriles is 1. The second kappa shape index (κ2) is 7.09. The third-order valence-electron chi connectivity index (χ3n) is 5.78. The Morgan fingerprint density at radius 2 is 2.15 bits per heavy atom. The van der Waals surface area contributed by atoms with E-state index in [9.17, 15) is 0 Å². The van der Waals surface area contributed by atoms with Gasteiger partial charge in [-0.3, -0.25) is 14.9 Å². The molecule has 2 fully saturated rings. The van der Waals surface area contributed by atoms with Crippen LogP contribution in [0.15, 0.2) is 29.7 Å². The van der Waals surface area contributed by atoms with Crippen molar-refractivity contribution in [2.24, 2.45) is 4.99 Å². The number of aromatic amines is 1. The highest BCUT2D eigenvalue weighted by molar-refractivity contribution is 5.94.